The van der Waals surface area contributed by atoms with Gasteiger partial charge in [-0.05, 0) is 31.0 Å². The van der Waals surface area contributed by atoms with Crippen LogP contribution in [0.15, 0.2) is 18.2 Å². The quantitative estimate of drug-likeness (QED) is 0.589. The van der Waals surface area contributed by atoms with Gasteiger partial charge in [0.1, 0.15) is 0 Å². The number of rotatable bonds is 8. The molecule has 5 nitrogen and oxygen atoms in total. The minimum atomic E-state index is -0.324. The zero-order chi connectivity index (χ0) is 15.8. The predicted molar refractivity (Wildman–Crippen MR) is 85.7 cm³/mol. The molecule has 1 aromatic rings. The molecule has 21 heavy (non-hydrogen) atoms. The SMILES string of the molecule is CCOC(=O)c1ccc(N)c(N(CCOC)CC(C)C)c1. The van der Waals surface area contributed by atoms with Gasteiger partial charge in [-0.2, -0.15) is 0 Å². The smallest absolute Gasteiger partial charge is 0.338 e. The summed E-state index contributed by atoms with van der Waals surface area (Å²) < 4.78 is 10.2. The number of methoxy groups -OCH3 is 1. The molecular weight excluding hydrogens is 268 g/mol. The van der Waals surface area contributed by atoms with Crippen LogP contribution in [-0.4, -0.2) is 39.4 Å². The highest BCUT2D eigenvalue weighted by molar-refractivity contribution is 5.92. The lowest BCUT2D eigenvalue weighted by Crippen LogP contribution is -2.31. The Morgan fingerprint density at radius 3 is 2.67 bits per heavy atom. The van der Waals surface area contributed by atoms with Crippen LogP contribution in [0.1, 0.15) is 31.1 Å². The van der Waals surface area contributed by atoms with Crippen LogP contribution in [0.3, 0.4) is 0 Å². The molecule has 0 saturated carbocycles. The van der Waals surface area contributed by atoms with E-state index in [1.807, 2.05) is 0 Å². The molecule has 118 valence electrons. The van der Waals surface area contributed by atoms with Gasteiger partial charge >= 0.3 is 5.97 Å². The lowest BCUT2D eigenvalue weighted by Gasteiger charge is -2.28. The third-order valence-electron chi connectivity index (χ3n) is 3.03. The number of nitrogens with two attached hydrogens (primary N) is 1. The van der Waals surface area contributed by atoms with Crippen LogP contribution in [0.4, 0.5) is 11.4 Å². The van der Waals surface area contributed by atoms with E-state index in [0.29, 0.717) is 30.4 Å². The molecule has 0 aliphatic carbocycles. The van der Waals surface area contributed by atoms with Crippen LogP contribution in [0.25, 0.3) is 0 Å². The number of carbonyl (C=O) groups excluding carboxylic acids is 1. The minimum absolute atomic E-state index is 0.324. The Hall–Kier alpha value is -1.75. The van der Waals surface area contributed by atoms with Gasteiger partial charge in [-0.15, -0.1) is 0 Å². The average molecular weight is 294 g/mol. The fourth-order valence-corrected chi connectivity index (χ4v) is 2.11. The van der Waals surface area contributed by atoms with Gasteiger partial charge in [-0.1, -0.05) is 13.8 Å². The maximum absolute atomic E-state index is 11.9. The second-order valence-electron chi connectivity index (χ2n) is 5.33. The number of nitrogen functional groups attached to an aromatic ring is 1. The van der Waals surface area contributed by atoms with Crippen LogP contribution in [-0.2, 0) is 9.47 Å². The molecule has 0 saturated heterocycles. The first-order chi connectivity index (χ1) is 9.99. The van der Waals surface area contributed by atoms with Crippen molar-refractivity contribution in [3.8, 4) is 0 Å². The molecule has 0 heterocycles. The lowest BCUT2D eigenvalue weighted by atomic mass is 10.1. The summed E-state index contributed by atoms with van der Waals surface area (Å²) in [6.07, 6.45) is 0. The van der Waals surface area contributed by atoms with Gasteiger partial charge in [0.05, 0.1) is 30.2 Å². The van der Waals surface area contributed by atoms with E-state index in [0.717, 1.165) is 18.8 Å². The Bertz CT molecular complexity index is 461. The Morgan fingerprint density at radius 2 is 2.10 bits per heavy atom. The molecule has 0 atom stereocenters. The highest BCUT2D eigenvalue weighted by Gasteiger charge is 2.15. The fourth-order valence-electron chi connectivity index (χ4n) is 2.11. The summed E-state index contributed by atoms with van der Waals surface area (Å²) in [5.41, 5.74) is 8.10. The second-order valence-corrected chi connectivity index (χ2v) is 5.33. The van der Waals surface area contributed by atoms with Crippen molar-refractivity contribution in [3.63, 3.8) is 0 Å². The Morgan fingerprint density at radius 1 is 1.38 bits per heavy atom. The van der Waals surface area contributed by atoms with Crippen molar-refractivity contribution in [2.75, 3.05) is 44.0 Å². The van der Waals surface area contributed by atoms with Crippen LogP contribution in [0.2, 0.25) is 0 Å². The van der Waals surface area contributed by atoms with Gasteiger partial charge < -0.3 is 20.1 Å². The standard InChI is InChI=1S/C16H26N2O3/c1-5-21-16(19)13-6-7-14(17)15(10-13)18(8-9-20-4)11-12(2)3/h6-7,10,12H,5,8-9,11,17H2,1-4H3. The van der Waals surface area contributed by atoms with Crippen molar-refractivity contribution < 1.29 is 14.3 Å². The molecule has 1 aromatic carbocycles. The third-order valence-corrected chi connectivity index (χ3v) is 3.03. The number of carbonyl (C=O) groups is 1. The molecule has 0 radical (unpaired) electrons. The van der Waals surface area contributed by atoms with E-state index in [2.05, 4.69) is 18.7 Å². The molecule has 0 aromatic heterocycles. The lowest BCUT2D eigenvalue weighted by molar-refractivity contribution is 0.0526. The van der Waals surface area contributed by atoms with Gasteiger partial charge in [0.15, 0.2) is 0 Å². The van der Waals surface area contributed by atoms with E-state index in [1.54, 1.807) is 32.2 Å². The maximum Gasteiger partial charge on any atom is 0.338 e. The van der Waals surface area contributed by atoms with Crippen LogP contribution >= 0.6 is 0 Å². The molecule has 1 rings (SSSR count). The summed E-state index contributed by atoms with van der Waals surface area (Å²) in [6.45, 7) is 8.62. The van der Waals surface area contributed by atoms with E-state index in [-0.39, 0.29) is 5.97 Å². The summed E-state index contributed by atoms with van der Waals surface area (Å²) in [4.78, 5) is 14.0. The first-order valence-corrected chi connectivity index (χ1v) is 7.30. The van der Waals surface area contributed by atoms with Crippen LogP contribution in [0, 0.1) is 5.92 Å². The molecule has 0 unspecified atom stereocenters. The first kappa shape index (κ1) is 17.3. The Balaban J connectivity index is 3.04. The number of nitrogens with zero attached hydrogens (tertiary/aromatic N) is 1. The highest BCUT2D eigenvalue weighted by Crippen LogP contribution is 2.26. The number of hydrogen-bond donors (Lipinski definition) is 1. The van der Waals surface area contributed by atoms with Crippen LogP contribution < -0.4 is 10.6 Å². The molecule has 2 N–H and O–H groups in total. The van der Waals surface area contributed by atoms with Crippen molar-refractivity contribution >= 4 is 17.3 Å². The van der Waals surface area contributed by atoms with Gasteiger partial charge in [-0.25, -0.2) is 4.79 Å². The summed E-state index contributed by atoms with van der Waals surface area (Å²) in [5, 5.41) is 0. The predicted octanol–water partition coefficient (Wildman–Crippen LogP) is 2.55. The first-order valence-electron chi connectivity index (χ1n) is 7.30. The summed E-state index contributed by atoms with van der Waals surface area (Å²) in [5.74, 6) is 0.155. The van der Waals surface area contributed by atoms with Crippen molar-refractivity contribution in [1.29, 1.82) is 0 Å². The molecule has 0 aliphatic heterocycles. The highest BCUT2D eigenvalue weighted by atomic mass is 16.5. The van der Waals surface area contributed by atoms with Crippen molar-refractivity contribution in [2.45, 2.75) is 20.8 Å². The maximum atomic E-state index is 11.9. The van der Waals surface area contributed by atoms with Gasteiger partial charge in [0.2, 0.25) is 0 Å². The van der Waals surface area contributed by atoms with Gasteiger partial charge in [0, 0.05) is 20.2 Å². The molecule has 0 bridgehead atoms. The molecule has 0 fully saturated rings. The molecular formula is C16H26N2O3. The number of benzene rings is 1. The zero-order valence-corrected chi connectivity index (χ0v) is 13.4. The average Bonchev–Trinajstić information content (AvgIpc) is 2.44. The third kappa shape index (κ3) is 5.27. The molecule has 0 amide bonds. The summed E-state index contributed by atoms with van der Waals surface area (Å²) in [7, 11) is 1.67. The van der Waals surface area contributed by atoms with E-state index in [9.17, 15) is 4.79 Å². The van der Waals surface area contributed by atoms with Crippen LogP contribution in [0.5, 0.6) is 0 Å². The minimum Gasteiger partial charge on any atom is -0.462 e. The Kier molecular flexibility index (Phi) is 7.02. The number of ether oxygens (including phenoxy) is 2. The fraction of sp³-hybridized carbons (Fsp3) is 0.562. The molecule has 0 spiro atoms. The van der Waals surface area contributed by atoms with Gasteiger partial charge in [-0.3, -0.25) is 0 Å². The van der Waals surface area contributed by atoms with Crippen molar-refractivity contribution in [2.24, 2.45) is 5.92 Å². The normalized spacial score (nSPS) is 10.7. The van der Waals surface area contributed by atoms with Gasteiger partial charge in [0.25, 0.3) is 0 Å². The largest absolute Gasteiger partial charge is 0.462 e. The van der Waals surface area contributed by atoms with Crippen molar-refractivity contribution in [3.05, 3.63) is 23.8 Å². The molecule has 0 aliphatic rings. The zero-order valence-electron chi connectivity index (χ0n) is 13.4. The number of esters is 1. The van der Waals surface area contributed by atoms with Crippen molar-refractivity contribution in [1.82, 2.24) is 0 Å². The number of hydrogen-bond acceptors (Lipinski definition) is 5. The monoisotopic (exact) mass is 294 g/mol. The number of anilines is 2. The second kappa shape index (κ2) is 8.52. The molecule has 5 heteroatoms. The Labute approximate surface area is 127 Å². The summed E-state index contributed by atoms with van der Waals surface area (Å²) in [6, 6.07) is 5.24. The van der Waals surface area contributed by atoms with E-state index >= 15 is 0 Å². The topological polar surface area (TPSA) is 64.8 Å². The van der Waals surface area contributed by atoms with E-state index < -0.39 is 0 Å². The van der Waals surface area contributed by atoms with E-state index in [4.69, 9.17) is 15.2 Å². The van der Waals surface area contributed by atoms with E-state index in [1.165, 1.54) is 0 Å². The summed E-state index contributed by atoms with van der Waals surface area (Å²) >= 11 is 0.